The van der Waals surface area contributed by atoms with Gasteiger partial charge in [-0.15, -0.1) is 0 Å². The van der Waals surface area contributed by atoms with E-state index in [9.17, 15) is 4.39 Å². The number of rotatable bonds is 2. The molecule has 0 atom stereocenters. The summed E-state index contributed by atoms with van der Waals surface area (Å²) >= 11 is 6.08. The quantitative estimate of drug-likeness (QED) is 0.821. The maximum Gasteiger partial charge on any atom is 0.146 e. The molecule has 0 heterocycles. The van der Waals surface area contributed by atoms with E-state index in [2.05, 4.69) is 0 Å². The van der Waals surface area contributed by atoms with Crippen LogP contribution in [0.1, 0.15) is 0 Å². The molecule has 2 rings (SSSR count). The summed E-state index contributed by atoms with van der Waals surface area (Å²) in [4.78, 5) is 1.65. The van der Waals surface area contributed by atoms with E-state index >= 15 is 0 Å². The van der Waals surface area contributed by atoms with Gasteiger partial charge >= 0.3 is 0 Å². The predicted molar refractivity (Wildman–Crippen MR) is 70.3 cm³/mol. The zero-order valence-corrected chi connectivity index (χ0v) is 10.1. The molecule has 88 valence electrons. The van der Waals surface area contributed by atoms with Crippen molar-refractivity contribution in [3.8, 4) is 0 Å². The van der Waals surface area contributed by atoms with Gasteiger partial charge in [-0.1, -0.05) is 29.8 Å². The number of nitrogen functional groups attached to an aromatic ring is 1. The Morgan fingerprint density at radius 2 is 1.82 bits per heavy atom. The van der Waals surface area contributed by atoms with Crippen LogP contribution in [-0.2, 0) is 0 Å². The number of hydrogen-bond acceptors (Lipinski definition) is 2. The first-order valence-corrected chi connectivity index (χ1v) is 5.51. The lowest BCUT2D eigenvalue weighted by Crippen LogP contribution is -2.13. The summed E-state index contributed by atoms with van der Waals surface area (Å²) in [5.74, 6) is -0.311. The van der Waals surface area contributed by atoms with Crippen molar-refractivity contribution in [3.63, 3.8) is 0 Å². The fraction of sp³-hybridized carbons (Fsp3) is 0.0769. The second kappa shape index (κ2) is 4.63. The molecule has 0 aromatic heterocycles. The lowest BCUT2D eigenvalue weighted by atomic mass is 10.2. The summed E-state index contributed by atoms with van der Waals surface area (Å²) in [7, 11) is 1.73. The average molecular weight is 251 g/mol. The molecule has 0 radical (unpaired) electrons. The Morgan fingerprint density at radius 3 is 2.47 bits per heavy atom. The van der Waals surface area contributed by atoms with Gasteiger partial charge in [0.1, 0.15) is 5.82 Å². The highest BCUT2D eigenvalue weighted by Crippen LogP contribution is 2.36. The monoisotopic (exact) mass is 250 g/mol. The van der Waals surface area contributed by atoms with Gasteiger partial charge in [0.05, 0.1) is 22.1 Å². The molecule has 0 spiro atoms. The molecule has 0 aliphatic carbocycles. The van der Waals surface area contributed by atoms with E-state index in [0.717, 1.165) is 0 Å². The van der Waals surface area contributed by atoms with Crippen LogP contribution < -0.4 is 10.6 Å². The highest BCUT2D eigenvalue weighted by molar-refractivity contribution is 6.34. The largest absolute Gasteiger partial charge is 0.397 e. The SMILES string of the molecule is CN(c1ccccc1F)c1c(N)cccc1Cl. The Labute approximate surface area is 104 Å². The second-order valence-corrected chi connectivity index (χ2v) is 4.10. The molecule has 2 N–H and O–H groups in total. The topological polar surface area (TPSA) is 29.3 Å². The van der Waals surface area contributed by atoms with Crippen molar-refractivity contribution in [1.29, 1.82) is 0 Å². The molecule has 0 fully saturated rings. The molecular weight excluding hydrogens is 239 g/mol. The molecule has 17 heavy (non-hydrogen) atoms. The predicted octanol–water partition coefficient (Wildman–Crippen LogP) is 3.83. The Hall–Kier alpha value is -1.74. The minimum absolute atomic E-state index is 0.311. The van der Waals surface area contributed by atoms with E-state index in [0.29, 0.717) is 22.1 Å². The number of hydrogen-bond donors (Lipinski definition) is 1. The number of nitrogens with two attached hydrogens (primary N) is 1. The third kappa shape index (κ3) is 2.19. The van der Waals surface area contributed by atoms with Crippen LogP contribution in [0.15, 0.2) is 42.5 Å². The van der Waals surface area contributed by atoms with Crippen LogP contribution in [0.25, 0.3) is 0 Å². The highest BCUT2D eigenvalue weighted by atomic mass is 35.5. The molecule has 2 aromatic carbocycles. The van der Waals surface area contributed by atoms with E-state index in [1.807, 2.05) is 0 Å². The lowest BCUT2D eigenvalue weighted by Gasteiger charge is -2.22. The minimum Gasteiger partial charge on any atom is -0.397 e. The number of anilines is 3. The van der Waals surface area contributed by atoms with Crippen molar-refractivity contribution < 1.29 is 4.39 Å². The van der Waals surface area contributed by atoms with E-state index in [1.54, 1.807) is 48.3 Å². The molecule has 4 heteroatoms. The summed E-state index contributed by atoms with van der Waals surface area (Å²) in [5.41, 5.74) is 7.43. The van der Waals surface area contributed by atoms with Crippen LogP contribution in [0.5, 0.6) is 0 Å². The number of nitrogens with zero attached hydrogens (tertiary/aromatic N) is 1. The van der Waals surface area contributed by atoms with Crippen LogP contribution in [0.2, 0.25) is 5.02 Å². The molecule has 0 saturated heterocycles. The molecule has 2 nitrogen and oxygen atoms in total. The molecule has 0 unspecified atom stereocenters. The minimum atomic E-state index is -0.311. The van der Waals surface area contributed by atoms with E-state index in [4.69, 9.17) is 17.3 Å². The van der Waals surface area contributed by atoms with Gasteiger partial charge in [0.15, 0.2) is 0 Å². The summed E-state index contributed by atoms with van der Waals surface area (Å²) in [6.45, 7) is 0. The summed E-state index contributed by atoms with van der Waals surface area (Å²) < 4.78 is 13.7. The van der Waals surface area contributed by atoms with Gasteiger partial charge < -0.3 is 10.6 Å². The van der Waals surface area contributed by atoms with Gasteiger partial charge in [0.25, 0.3) is 0 Å². The van der Waals surface area contributed by atoms with Gasteiger partial charge in [-0.25, -0.2) is 4.39 Å². The average Bonchev–Trinajstić information content (AvgIpc) is 2.29. The van der Waals surface area contributed by atoms with Gasteiger partial charge in [-0.05, 0) is 24.3 Å². The Kier molecular flexibility index (Phi) is 3.20. The van der Waals surface area contributed by atoms with E-state index in [-0.39, 0.29) is 5.82 Å². The van der Waals surface area contributed by atoms with Gasteiger partial charge in [-0.3, -0.25) is 0 Å². The van der Waals surface area contributed by atoms with Crippen LogP contribution in [0.3, 0.4) is 0 Å². The Morgan fingerprint density at radius 1 is 1.12 bits per heavy atom. The van der Waals surface area contributed by atoms with Crippen LogP contribution in [0, 0.1) is 5.82 Å². The number of benzene rings is 2. The maximum atomic E-state index is 13.7. The van der Waals surface area contributed by atoms with Crippen molar-refractivity contribution >= 4 is 28.7 Å². The van der Waals surface area contributed by atoms with Crippen LogP contribution >= 0.6 is 11.6 Å². The third-order valence-electron chi connectivity index (χ3n) is 2.57. The van der Waals surface area contributed by atoms with Crippen LogP contribution in [0.4, 0.5) is 21.5 Å². The fourth-order valence-electron chi connectivity index (χ4n) is 1.73. The standard InChI is InChI=1S/C13H12ClFN2/c1-17(12-8-3-2-6-10(12)15)13-9(14)5-4-7-11(13)16/h2-8H,16H2,1H3. The van der Waals surface area contributed by atoms with E-state index < -0.39 is 0 Å². The molecule has 0 aliphatic heterocycles. The zero-order chi connectivity index (χ0) is 12.4. The van der Waals surface area contributed by atoms with Crippen molar-refractivity contribution in [3.05, 3.63) is 53.3 Å². The molecule has 0 saturated carbocycles. The lowest BCUT2D eigenvalue weighted by molar-refractivity contribution is 0.627. The van der Waals surface area contributed by atoms with Gasteiger partial charge in [-0.2, -0.15) is 0 Å². The molecule has 0 bridgehead atoms. The van der Waals surface area contributed by atoms with Crippen molar-refractivity contribution in [2.75, 3.05) is 17.7 Å². The fourth-order valence-corrected chi connectivity index (χ4v) is 2.04. The van der Waals surface area contributed by atoms with Crippen molar-refractivity contribution in [2.45, 2.75) is 0 Å². The first kappa shape index (κ1) is 11.7. The molecule has 0 amide bonds. The second-order valence-electron chi connectivity index (χ2n) is 3.69. The normalized spacial score (nSPS) is 10.3. The Balaban J connectivity index is 2.51. The first-order chi connectivity index (χ1) is 8.11. The van der Waals surface area contributed by atoms with Gasteiger partial charge in [0, 0.05) is 7.05 Å². The molecule has 0 aliphatic rings. The molecule has 2 aromatic rings. The van der Waals surface area contributed by atoms with Crippen LogP contribution in [-0.4, -0.2) is 7.05 Å². The smallest absolute Gasteiger partial charge is 0.146 e. The zero-order valence-electron chi connectivity index (χ0n) is 9.32. The first-order valence-electron chi connectivity index (χ1n) is 5.13. The summed E-state index contributed by atoms with van der Waals surface area (Å²) in [6, 6.07) is 11.7. The summed E-state index contributed by atoms with van der Waals surface area (Å²) in [5, 5.41) is 0.496. The molecular formula is C13H12ClFN2. The highest BCUT2D eigenvalue weighted by Gasteiger charge is 2.14. The summed E-state index contributed by atoms with van der Waals surface area (Å²) in [6.07, 6.45) is 0. The van der Waals surface area contributed by atoms with Crippen molar-refractivity contribution in [2.24, 2.45) is 0 Å². The van der Waals surface area contributed by atoms with Gasteiger partial charge in [0.2, 0.25) is 0 Å². The van der Waals surface area contributed by atoms with Crippen molar-refractivity contribution in [1.82, 2.24) is 0 Å². The third-order valence-corrected chi connectivity index (χ3v) is 2.87. The Bertz CT molecular complexity index is 522. The maximum absolute atomic E-state index is 13.7. The number of halogens is 2. The van der Waals surface area contributed by atoms with E-state index in [1.165, 1.54) is 6.07 Å². The number of para-hydroxylation sites is 2.